The molecule has 0 spiro atoms. The van der Waals surface area contributed by atoms with Gasteiger partial charge < -0.3 is 19.7 Å². The standard InChI is InChI=1S/C15H15ClN2O5/c1-7(15(22)23-3)17-13(20)11-12(19)10-8(16)5-4-6-9(10)18(2)14(11)21/h4-7,19H,1-3H3,(H,17,20). The fourth-order valence-electron chi connectivity index (χ4n) is 2.24. The number of nitrogens with one attached hydrogen (secondary N) is 1. The molecular weight excluding hydrogens is 324 g/mol. The van der Waals surface area contributed by atoms with Gasteiger partial charge in [0.15, 0.2) is 0 Å². The molecule has 0 fully saturated rings. The number of esters is 1. The average molecular weight is 339 g/mol. The van der Waals surface area contributed by atoms with Crippen LogP contribution in [0.4, 0.5) is 0 Å². The highest BCUT2D eigenvalue weighted by Crippen LogP contribution is 2.32. The Kier molecular flexibility index (Phi) is 4.60. The third-order valence-corrected chi connectivity index (χ3v) is 3.79. The van der Waals surface area contributed by atoms with Gasteiger partial charge in [0.25, 0.3) is 11.5 Å². The van der Waals surface area contributed by atoms with Crippen LogP contribution in [0.15, 0.2) is 23.0 Å². The number of aromatic hydroxyl groups is 1. The largest absolute Gasteiger partial charge is 0.506 e. The first-order valence-electron chi connectivity index (χ1n) is 6.68. The molecule has 0 aliphatic rings. The predicted molar refractivity (Wildman–Crippen MR) is 84.8 cm³/mol. The molecule has 0 aliphatic carbocycles. The number of methoxy groups -OCH3 is 1. The van der Waals surface area contributed by atoms with Gasteiger partial charge in [-0.1, -0.05) is 17.7 Å². The predicted octanol–water partition coefficient (Wildman–Crippen LogP) is 1.19. The molecule has 0 saturated heterocycles. The van der Waals surface area contributed by atoms with Crippen molar-refractivity contribution in [3.8, 4) is 5.75 Å². The Bertz CT molecular complexity index is 859. The lowest BCUT2D eigenvalue weighted by molar-refractivity contribution is -0.142. The zero-order valence-corrected chi connectivity index (χ0v) is 13.5. The molecule has 1 amide bonds. The van der Waals surface area contributed by atoms with Gasteiger partial charge in [-0.05, 0) is 19.1 Å². The van der Waals surface area contributed by atoms with Gasteiger partial charge in [-0.15, -0.1) is 0 Å². The zero-order valence-electron chi connectivity index (χ0n) is 12.7. The summed E-state index contributed by atoms with van der Waals surface area (Å²) in [6.45, 7) is 1.40. The third-order valence-electron chi connectivity index (χ3n) is 3.47. The van der Waals surface area contributed by atoms with Crippen molar-refractivity contribution in [3.05, 3.63) is 39.1 Å². The van der Waals surface area contributed by atoms with Crippen LogP contribution in [0.5, 0.6) is 5.75 Å². The van der Waals surface area contributed by atoms with E-state index >= 15 is 0 Å². The van der Waals surface area contributed by atoms with Crippen LogP contribution in [0.25, 0.3) is 10.9 Å². The van der Waals surface area contributed by atoms with Gasteiger partial charge in [0.1, 0.15) is 17.4 Å². The average Bonchev–Trinajstić information content (AvgIpc) is 2.51. The summed E-state index contributed by atoms with van der Waals surface area (Å²) in [6, 6.07) is 3.79. The molecule has 23 heavy (non-hydrogen) atoms. The van der Waals surface area contributed by atoms with Crippen molar-refractivity contribution >= 4 is 34.4 Å². The Morgan fingerprint density at radius 3 is 2.65 bits per heavy atom. The molecule has 1 atom stereocenters. The van der Waals surface area contributed by atoms with Crippen LogP contribution in [0, 0.1) is 0 Å². The monoisotopic (exact) mass is 338 g/mol. The number of ether oxygens (including phenoxy) is 1. The zero-order chi connectivity index (χ0) is 17.3. The van der Waals surface area contributed by atoms with Crippen molar-refractivity contribution in [3.63, 3.8) is 0 Å². The Morgan fingerprint density at radius 2 is 2.04 bits per heavy atom. The quantitative estimate of drug-likeness (QED) is 0.819. The van der Waals surface area contributed by atoms with E-state index in [2.05, 4.69) is 10.1 Å². The molecule has 0 radical (unpaired) electrons. The summed E-state index contributed by atoms with van der Waals surface area (Å²) in [6.07, 6.45) is 0. The highest BCUT2D eigenvalue weighted by atomic mass is 35.5. The SMILES string of the molecule is COC(=O)C(C)NC(=O)c1c(O)c2c(Cl)cccc2n(C)c1=O. The minimum atomic E-state index is -0.974. The lowest BCUT2D eigenvalue weighted by atomic mass is 10.1. The molecule has 1 aromatic heterocycles. The fraction of sp³-hybridized carbons (Fsp3) is 0.267. The second kappa shape index (κ2) is 6.29. The summed E-state index contributed by atoms with van der Waals surface area (Å²) in [7, 11) is 2.64. The molecule has 2 rings (SSSR count). The van der Waals surface area contributed by atoms with E-state index in [-0.39, 0.29) is 10.4 Å². The van der Waals surface area contributed by atoms with Gasteiger partial charge in [-0.3, -0.25) is 9.59 Å². The maximum absolute atomic E-state index is 12.4. The van der Waals surface area contributed by atoms with Crippen LogP contribution < -0.4 is 10.9 Å². The lowest BCUT2D eigenvalue weighted by Crippen LogP contribution is -2.41. The summed E-state index contributed by atoms with van der Waals surface area (Å²) < 4.78 is 5.71. The Labute approximate surface area is 136 Å². The van der Waals surface area contributed by atoms with Gasteiger partial charge in [0, 0.05) is 7.05 Å². The number of rotatable bonds is 3. The molecule has 122 valence electrons. The van der Waals surface area contributed by atoms with Crippen molar-refractivity contribution in [2.45, 2.75) is 13.0 Å². The van der Waals surface area contributed by atoms with Crippen molar-refractivity contribution in [2.75, 3.05) is 7.11 Å². The normalized spacial score (nSPS) is 12.0. The van der Waals surface area contributed by atoms with Gasteiger partial charge in [-0.25, -0.2) is 4.79 Å². The number of hydrogen-bond donors (Lipinski definition) is 2. The second-order valence-electron chi connectivity index (χ2n) is 4.94. The summed E-state index contributed by atoms with van der Waals surface area (Å²) >= 11 is 6.06. The first-order valence-corrected chi connectivity index (χ1v) is 7.06. The van der Waals surface area contributed by atoms with E-state index < -0.39 is 34.8 Å². The van der Waals surface area contributed by atoms with E-state index in [0.717, 1.165) is 0 Å². The number of aryl methyl sites for hydroxylation is 1. The minimum Gasteiger partial charge on any atom is -0.506 e. The van der Waals surface area contributed by atoms with Crippen molar-refractivity contribution in [2.24, 2.45) is 7.05 Å². The van der Waals surface area contributed by atoms with Crippen LogP contribution in [0.1, 0.15) is 17.3 Å². The Morgan fingerprint density at radius 1 is 1.39 bits per heavy atom. The maximum atomic E-state index is 12.4. The minimum absolute atomic E-state index is 0.187. The Balaban J connectivity index is 2.62. The van der Waals surface area contributed by atoms with E-state index in [1.54, 1.807) is 12.1 Å². The van der Waals surface area contributed by atoms with E-state index in [1.165, 1.54) is 31.7 Å². The molecule has 1 aromatic carbocycles. The maximum Gasteiger partial charge on any atom is 0.328 e. The highest BCUT2D eigenvalue weighted by molar-refractivity contribution is 6.36. The number of carbonyl (C=O) groups excluding carboxylic acids is 2. The van der Waals surface area contributed by atoms with Crippen molar-refractivity contribution < 1.29 is 19.4 Å². The van der Waals surface area contributed by atoms with E-state index in [1.807, 2.05) is 0 Å². The lowest BCUT2D eigenvalue weighted by Gasteiger charge is -2.15. The van der Waals surface area contributed by atoms with Crippen LogP contribution >= 0.6 is 11.6 Å². The molecule has 1 unspecified atom stereocenters. The summed E-state index contributed by atoms with van der Waals surface area (Å²) in [5.74, 6) is -2.08. The summed E-state index contributed by atoms with van der Waals surface area (Å²) in [4.78, 5) is 36.0. The molecule has 7 nitrogen and oxygen atoms in total. The number of amides is 1. The Hall–Kier alpha value is -2.54. The number of benzene rings is 1. The molecule has 0 aliphatic heterocycles. The third kappa shape index (κ3) is 2.87. The fourth-order valence-corrected chi connectivity index (χ4v) is 2.50. The van der Waals surface area contributed by atoms with Gasteiger partial charge in [0.05, 0.1) is 23.0 Å². The molecule has 0 saturated carbocycles. The number of carbonyl (C=O) groups is 2. The number of pyridine rings is 1. The van der Waals surface area contributed by atoms with Gasteiger partial charge >= 0.3 is 5.97 Å². The van der Waals surface area contributed by atoms with Gasteiger partial charge in [0.2, 0.25) is 0 Å². The molecule has 8 heteroatoms. The molecule has 2 aromatic rings. The van der Waals surface area contributed by atoms with Crippen LogP contribution in [0.3, 0.4) is 0 Å². The van der Waals surface area contributed by atoms with E-state index in [0.29, 0.717) is 5.52 Å². The number of halogens is 1. The van der Waals surface area contributed by atoms with Crippen molar-refractivity contribution in [1.29, 1.82) is 0 Å². The second-order valence-corrected chi connectivity index (χ2v) is 5.35. The summed E-state index contributed by atoms with van der Waals surface area (Å²) in [5, 5.41) is 13.0. The number of hydrogen-bond acceptors (Lipinski definition) is 5. The number of fused-ring (bicyclic) bond motifs is 1. The van der Waals surface area contributed by atoms with Crippen LogP contribution in [-0.4, -0.2) is 34.7 Å². The molecule has 1 heterocycles. The van der Waals surface area contributed by atoms with Crippen molar-refractivity contribution in [1.82, 2.24) is 9.88 Å². The first kappa shape index (κ1) is 16.8. The molecule has 2 N–H and O–H groups in total. The first-order chi connectivity index (χ1) is 10.8. The number of nitrogens with zero attached hydrogens (tertiary/aromatic N) is 1. The highest BCUT2D eigenvalue weighted by Gasteiger charge is 2.25. The van der Waals surface area contributed by atoms with Crippen LogP contribution in [0.2, 0.25) is 5.02 Å². The van der Waals surface area contributed by atoms with E-state index in [4.69, 9.17) is 11.6 Å². The smallest absolute Gasteiger partial charge is 0.328 e. The van der Waals surface area contributed by atoms with E-state index in [9.17, 15) is 19.5 Å². The van der Waals surface area contributed by atoms with Gasteiger partial charge in [-0.2, -0.15) is 0 Å². The molecular formula is C15H15ClN2O5. The molecule has 0 bridgehead atoms. The topological polar surface area (TPSA) is 97.6 Å². The van der Waals surface area contributed by atoms with Crippen LogP contribution in [-0.2, 0) is 16.6 Å². The summed E-state index contributed by atoms with van der Waals surface area (Å²) in [5.41, 5.74) is -0.798. The number of aromatic nitrogens is 1.